The van der Waals surface area contributed by atoms with Gasteiger partial charge in [0, 0.05) is 23.7 Å². The number of carboxylic acids is 1. The molecule has 0 fully saturated rings. The number of aliphatic carboxylic acids is 1. The molecule has 0 bridgehead atoms. The third-order valence-corrected chi connectivity index (χ3v) is 4.18. The van der Waals surface area contributed by atoms with Gasteiger partial charge in [0.1, 0.15) is 5.52 Å². The minimum absolute atomic E-state index is 0.0238. The highest BCUT2D eigenvalue weighted by Crippen LogP contribution is 2.27. The van der Waals surface area contributed by atoms with Crippen LogP contribution in [0.3, 0.4) is 0 Å². The maximum atomic E-state index is 10.5. The van der Waals surface area contributed by atoms with Gasteiger partial charge in [0.2, 0.25) is 5.16 Å². The molecule has 0 saturated carbocycles. The number of rotatable bonds is 6. The Morgan fingerprint density at radius 3 is 2.91 bits per heavy atom. The van der Waals surface area contributed by atoms with Gasteiger partial charge >= 0.3 is 0 Å². The standard InChI is InChI=1S/C15H16N4O2S/c1-2-8-19-11-6-4-3-5-10(11)13-14(19)16-15(18-17-13)22-9-7-12(20)21/h3-6H,2,7-9H2,1H3,(H,20,21)/p-1. The van der Waals surface area contributed by atoms with E-state index in [0.717, 1.165) is 35.0 Å². The first-order valence-corrected chi connectivity index (χ1v) is 8.13. The van der Waals surface area contributed by atoms with Crippen molar-refractivity contribution in [3.8, 4) is 0 Å². The molecular weight excluding hydrogens is 300 g/mol. The van der Waals surface area contributed by atoms with Gasteiger partial charge in [-0.25, -0.2) is 4.98 Å². The number of para-hydroxylation sites is 1. The second kappa shape index (κ2) is 6.31. The molecular formula is C15H15N4O2S-. The van der Waals surface area contributed by atoms with E-state index in [1.807, 2.05) is 18.2 Å². The third-order valence-electron chi connectivity index (χ3n) is 3.34. The zero-order chi connectivity index (χ0) is 15.5. The van der Waals surface area contributed by atoms with Gasteiger partial charge < -0.3 is 14.5 Å². The van der Waals surface area contributed by atoms with E-state index in [0.29, 0.717) is 10.9 Å². The number of nitrogens with zero attached hydrogens (tertiary/aromatic N) is 4. The molecule has 0 spiro atoms. The molecule has 2 heterocycles. The summed E-state index contributed by atoms with van der Waals surface area (Å²) < 4.78 is 2.14. The van der Waals surface area contributed by atoms with Gasteiger partial charge in [0.15, 0.2) is 5.65 Å². The lowest BCUT2D eigenvalue weighted by molar-refractivity contribution is -0.305. The Labute approximate surface area is 131 Å². The van der Waals surface area contributed by atoms with Gasteiger partial charge in [-0.3, -0.25) is 0 Å². The van der Waals surface area contributed by atoms with Gasteiger partial charge in [-0.15, -0.1) is 10.2 Å². The average molecular weight is 315 g/mol. The zero-order valence-corrected chi connectivity index (χ0v) is 13.0. The molecule has 0 aliphatic carbocycles. The lowest BCUT2D eigenvalue weighted by Crippen LogP contribution is -2.22. The first-order chi connectivity index (χ1) is 10.7. The lowest BCUT2D eigenvalue weighted by Gasteiger charge is -2.05. The Morgan fingerprint density at radius 1 is 1.32 bits per heavy atom. The number of benzene rings is 1. The third kappa shape index (κ3) is 2.76. The summed E-state index contributed by atoms with van der Waals surface area (Å²) in [6.07, 6.45) is 0.967. The Hall–Kier alpha value is -2.15. The number of thioether (sulfide) groups is 1. The Kier molecular flexibility index (Phi) is 4.24. The van der Waals surface area contributed by atoms with Gasteiger partial charge in [-0.2, -0.15) is 0 Å². The highest BCUT2D eigenvalue weighted by atomic mass is 32.2. The molecule has 0 N–H and O–H groups in total. The highest BCUT2D eigenvalue weighted by Gasteiger charge is 2.14. The van der Waals surface area contributed by atoms with Crippen LogP contribution in [0.15, 0.2) is 29.4 Å². The van der Waals surface area contributed by atoms with Crippen LogP contribution in [0.5, 0.6) is 0 Å². The van der Waals surface area contributed by atoms with E-state index in [1.54, 1.807) is 0 Å². The summed E-state index contributed by atoms with van der Waals surface area (Å²) in [5.41, 5.74) is 2.68. The van der Waals surface area contributed by atoms with Crippen LogP contribution < -0.4 is 5.11 Å². The molecule has 2 aromatic heterocycles. The maximum absolute atomic E-state index is 10.5. The molecule has 0 radical (unpaired) electrons. The smallest absolute Gasteiger partial charge is 0.211 e. The van der Waals surface area contributed by atoms with Crippen LogP contribution >= 0.6 is 11.8 Å². The summed E-state index contributed by atoms with van der Waals surface area (Å²) >= 11 is 1.28. The van der Waals surface area contributed by atoms with Gasteiger partial charge in [0.05, 0.1) is 5.52 Å². The topological polar surface area (TPSA) is 83.7 Å². The summed E-state index contributed by atoms with van der Waals surface area (Å²) in [4.78, 5) is 15.0. The molecule has 0 unspecified atom stereocenters. The number of aryl methyl sites for hydroxylation is 1. The lowest BCUT2D eigenvalue weighted by atomic mass is 10.2. The second-order valence-electron chi connectivity index (χ2n) is 4.91. The molecule has 3 aromatic rings. The van der Waals surface area contributed by atoms with Crippen molar-refractivity contribution in [3.05, 3.63) is 24.3 Å². The van der Waals surface area contributed by atoms with Crippen LogP contribution in [-0.4, -0.2) is 31.5 Å². The van der Waals surface area contributed by atoms with E-state index in [9.17, 15) is 9.90 Å². The summed E-state index contributed by atoms with van der Waals surface area (Å²) in [6.45, 7) is 2.97. The number of hydrogen-bond donors (Lipinski definition) is 0. The number of fused-ring (bicyclic) bond motifs is 3. The minimum Gasteiger partial charge on any atom is -0.550 e. The normalized spacial score (nSPS) is 11.3. The van der Waals surface area contributed by atoms with Crippen molar-refractivity contribution in [1.29, 1.82) is 0 Å². The minimum atomic E-state index is -1.07. The SMILES string of the molecule is CCCn1c2ccccc2c2nnc(SCCC(=O)[O-])nc21. The Bertz CT molecular complexity index is 831. The van der Waals surface area contributed by atoms with E-state index < -0.39 is 5.97 Å². The van der Waals surface area contributed by atoms with E-state index in [-0.39, 0.29) is 6.42 Å². The van der Waals surface area contributed by atoms with Crippen molar-refractivity contribution in [2.75, 3.05) is 5.75 Å². The molecule has 0 amide bonds. The van der Waals surface area contributed by atoms with Crippen molar-refractivity contribution >= 4 is 39.8 Å². The molecule has 0 aliphatic heterocycles. The van der Waals surface area contributed by atoms with Gasteiger partial charge in [-0.05, 0) is 18.9 Å². The fourth-order valence-corrected chi connectivity index (χ4v) is 3.13. The van der Waals surface area contributed by atoms with Crippen molar-refractivity contribution in [3.63, 3.8) is 0 Å². The average Bonchev–Trinajstić information content (AvgIpc) is 2.82. The summed E-state index contributed by atoms with van der Waals surface area (Å²) in [6, 6.07) is 8.04. The molecule has 7 heteroatoms. The fourth-order valence-electron chi connectivity index (χ4n) is 2.43. The molecule has 6 nitrogen and oxygen atoms in total. The van der Waals surface area contributed by atoms with Crippen molar-refractivity contribution in [1.82, 2.24) is 19.7 Å². The van der Waals surface area contributed by atoms with E-state index in [2.05, 4.69) is 32.7 Å². The quantitative estimate of drug-likeness (QED) is 0.643. The molecule has 0 aliphatic rings. The highest BCUT2D eigenvalue weighted by molar-refractivity contribution is 7.99. The fraction of sp³-hybridized carbons (Fsp3) is 0.333. The van der Waals surface area contributed by atoms with Crippen LogP contribution in [0.25, 0.3) is 22.1 Å². The largest absolute Gasteiger partial charge is 0.550 e. The number of carboxylic acid groups (broad SMARTS) is 1. The molecule has 0 saturated heterocycles. The summed E-state index contributed by atoms with van der Waals surface area (Å²) in [5, 5.41) is 20.4. The monoisotopic (exact) mass is 315 g/mol. The zero-order valence-electron chi connectivity index (χ0n) is 12.2. The Balaban J connectivity index is 2.04. The number of aromatic nitrogens is 4. The molecule has 3 rings (SSSR count). The maximum Gasteiger partial charge on any atom is 0.211 e. The van der Waals surface area contributed by atoms with Crippen molar-refractivity contribution in [2.45, 2.75) is 31.5 Å². The van der Waals surface area contributed by atoms with E-state index >= 15 is 0 Å². The van der Waals surface area contributed by atoms with Crippen LogP contribution in [0.4, 0.5) is 0 Å². The first kappa shape index (κ1) is 14.8. The summed E-state index contributed by atoms with van der Waals surface area (Å²) in [7, 11) is 0. The van der Waals surface area contributed by atoms with E-state index in [4.69, 9.17) is 0 Å². The summed E-state index contributed by atoms with van der Waals surface area (Å²) in [5.74, 6) is -0.689. The molecule has 1 aromatic carbocycles. The van der Waals surface area contributed by atoms with Crippen molar-refractivity contribution < 1.29 is 9.90 Å². The van der Waals surface area contributed by atoms with Crippen LogP contribution in [0.2, 0.25) is 0 Å². The molecule has 114 valence electrons. The number of carbonyl (C=O) groups excluding carboxylic acids is 1. The van der Waals surface area contributed by atoms with Crippen molar-refractivity contribution in [2.24, 2.45) is 0 Å². The van der Waals surface area contributed by atoms with Crippen LogP contribution in [0, 0.1) is 0 Å². The first-order valence-electron chi connectivity index (χ1n) is 7.15. The molecule has 0 atom stereocenters. The van der Waals surface area contributed by atoms with Crippen LogP contribution in [0.1, 0.15) is 19.8 Å². The second-order valence-corrected chi connectivity index (χ2v) is 5.97. The van der Waals surface area contributed by atoms with Crippen LogP contribution in [-0.2, 0) is 11.3 Å². The number of carbonyl (C=O) groups is 1. The predicted octanol–water partition coefficient (Wildman–Crippen LogP) is 1.62. The molecule has 22 heavy (non-hydrogen) atoms. The van der Waals surface area contributed by atoms with Gasteiger partial charge in [-0.1, -0.05) is 36.9 Å². The Morgan fingerprint density at radius 2 is 2.14 bits per heavy atom. The van der Waals surface area contributed by atoms with Gasteiger partial charge in [0.25, 0.3) is 0 Å². The number of hydrogen-bond acceptors (Lipinski definition) is 6. The van der Waals surface area contributed by atoms with E-state index in [1.165, 1.54) is 11.8 Å². The predicted molar refractivity (Wildman–Crippen MR) is 83.5 cm³/mol.